The number of urea groups is 1. The number of nitrogens with zero attached hydrogens (tertiary/aromatic N) is 2. The van der Waals surface area contributed by atoms with E-state index >= 15 is 0 Å². The Morgan fingerprint density at radius 1 is 1.15 bits per heavy atom. The first-order chi connectivity index (χ1) is 9.40. The molecule has 20 heavy (non-hydrogen) atoms. The maximum atomic E-state index is 12.3. The fraction of sp³-hybridized carbons (Fsp3) is 0.154. The molecule has 0 radical (unpaired) electrons. The molecule has 1 aliphatic heterocycles. The van der Waals surface area contributed by atoms with Gasteiger partial charge in [0.05, 0.1) is 5.69 Å². The summed E-state index contributed by atoms with van der Waals surface area (Å²) in [5.41, 5.74) is 0.235. The molecule has 2 rings (SSSR count). The molecular formula is C13H12ClN3O3. The van der Waals surface area contributed by atoms with Crippen molar-refractivity contribution >= 4 is 35.1 Å². The molecule has 1 fully saturated rings. The summed E-state index contributed by atoms with van der Waals surface area (Å²) in [7, 11) is 3.35. The van der Waals surface area contributed by atoms with E-state index in [1.165, 1.54) is 18.3 Å². The summed E-state index contributed by atoms with van der Waals surface area (Å²) in [6.07, 6.45) is 1.37. The third-order valence-corrected chi connectivity index (χ3v) is 2.83. The van der Waals surface area contributed by atoms with E-state index in [2.05, 4.69) is 5.32 Å². The lowest BCUT2D eigenvalue weighted by atomic mass is 10.1. The van der Waals surface area contributed by atoms with E-state index < -0.39 is 17.8 Å². The van der Waals surface area contributed by atoms with Gasteiger partial charge in [-0.3, -0.25) is 14.9 Å². The van der Waals surface area contributed by atoms with E-state index in [1.54, 1.807) is 31.1 Å². The van der Waals surface area contributed by atoms with Gasteiger partial charge in [0.1, 0.15) is 5.57 Å². The van der Waals surface area contributed by atoms with Crippen molar-refractivity contribution in [1.82, 2.24) is 10.2 Å². The second kappa shape index (κ2) is 5.34. The molecule has 0 atom stereocenters. The average Bonchev–Trinajstić information content (AvgIpc) is 2.36. The van der Waals surface area contributed by atoms with Crippen molar-refractivity contribution < 1.29 is 14.4 Å². The molecule has 0 spiro atoms. The zero-order valence-electron chi connectivity index (χ0n) is 10.9. The number of anilines is 1. The minimum absolute atomic E-state index is 0.107. The predicted octanol–water partition coefficient (Wildman–Crippen LogP) is 1.37. The maximum Gasteiger partial charge on any atom is 0.335 e. The highest BCUT2D eigenvalue weighted by Crippen LogP contribution is 2.22. The van der Waals surface area contributed by atoms with Crippen LogP contribution in [0, 0.1) is 0 Å². The molecule has 0 aliphatic carbocycles. The molecule has 104 valence electrons. The molecule has 1 heterocycles. The normalized spacial score (nSPS) is 17.4. The van der Waals surface area contributed by atoms with Crippen LogP contribution in [-0.2, 0) is 9.59 Å². The summed E-state index contributed by atoms with van der Waals surface area (Å²) >= 11 is 5.77. The Hall–Kier alpha value is -2.34. The zero-order chi connectivity index (χ0) is 14.9. The third-order valence-electron chi connectivity index (χ3n) is 2.57. The number of imide groups is 2. The molecule has 0 saturated carbocycles. The van der Waals surface area contributed by atoms with Crippen molar-refractivity contribution in [3.05, 3.63) is 41.1 Å². The van der Waals surface area contributed by atoms with Crippen LogP contribution in [0.3, 0.4) is 0 Å². The summed E-state index contributed by atoms with van der Waals surface area (Å²) in [5.74, 6) is -1.38. The van der Waals surface area contributed by atoms with E-state index in [4.69, 9.17) is 11.6 Å². The largest absolute Gasteiger partial charge is 0.383 e. The van der Waals surface area contributed by atoms with Gasteiger partial charge in [-0.1, -0.05) is 11.6 Å². The molecule has 4 amide bonds. The van der Waals surface area contributed by atoms with Crippen molar-refractivity contribution in [1.29, 1.82) is 0 Å². The average molecular weight is 294 g/mol. The van der Waals surface area contributed by atoms with Crippen LogP contribution in [-0.4, -0.2) is 36.8 Å². The first-order valence-corrected chi connectivity index (χ1v) is 6.11. The maximum absolute atomic E-state index is 12.3. The van der Waals surface area contributed by atoms with E-state index in [1.807, 2.05) is 0 Å². The smallest absolute Gasteiger partial charge is 0.335 e. The van der Waals surface area contributed by atoms with Crippen LogP contribution in [0.5, 0.6) is 0 Å². The first kappa shape index (κ1) is 14.1. The number of amides is 4. The van der Waals surface area contributed by atoms with Crippen LogP contribution in [0.25, 0.3) is 0 Å². The molecule has 0 unspecified atom stereocenters. The van der Waals surface area contributed by atoms with Gasteiger partial charge in [-0.15, -0.1) is 0 Å². The van der Waals surface area contributed by atoms with Gasteiger partial charge >= 0.3 is 6.03 Å². The minimum atomic E-state index is -0.779. The monoisotopic (exact) mass is 293 g/mol. The second-order valence-electron chi connectivity index (χ2n) is 4.38. The number of benzene rings is 1. The lowest BCUT2D eigenvalue weighted by Gasteiger charge is -2.26. The van der Waals surface area contributed by atoms with Crippen LogP contribution in [0.4, 0.5) is 10.5 Å². The fourth-order valence-electron chi connectivity index (χ4n) is 1.73. The van der Waals surface area contributed by atoms with Gasteiger partial charge in [0, 0.05) is 25.3 Å². The van der Waals surface area contributed by atoms with E-state index in [0.29, 0.717) is 10.7 Å². The number of hydrogen-bond acceptors (Lipinski definition) is 4. The van der Waals surface area contributed by atoms with E-state index in [0.717, 1.165) is 4.90 Å². The van der Waals surface area contributed by atoms with Crippen LogP contribution >= 0.6 is 11.6 Å². The summed E-state index contributed by atoms with van der Waals surface area (Å²) in [6, 6.07) is 5.40. The van der Waals surface area contributed by atoms with E-state index in [9.17, 15) is 14.4 Å². The molecule has 1 aromatic carbocycles. The van der Waals surface area contributed by atoms with Gasteiger partial charge in [-0.25, -0.2) is 9.69 Å². The van der Waals surface area contributed by atoms with Crippen molar-refractivity contribution in [2.75, 3.05) is 19.0 Å². The second-order valence-corrected chi connectivity index (χ2v) is 4.82. The Balaban J connectivity index is 2.42. The topological polar surface area (TPSA) is 69.7 Å². The van der Waals surface area contributed by atoms with Crippen molar-refractivity contribution in [3.63, 3.8) is 0 Å². The predicted molar refractivity (Wildman–Crippen MR) is 74.2 cm³/mol. The Kier molecular flexibility index (Phi) is 3.76. The van der Waals surface area contributed by atoms with Crippen molar-refractivity contribution in [2.45, 2.75) is 0 Å². The highest BCUT2D eigenvalue weighted by molar-refractivity contribution is 6.37. The summed E-state index contributed by atoms with van der Waals surface area (Å²) in [5, 5.41) is 2.61. The van der Waals surface area contributed by atoms with Crippen molar-refractivity contribution in [3.8, 4) is 0 Å². The molecule has 7 heteroatoms. The highest BCUT2D eigenvalue weighted by atomic mass is 35.5. The Morgan fingerprint density at radius 3 is 2.30 bits per heavy atom. The van der Waals surface area contributed by atoms with Crippen LogP contribution in [0.1, 0.15) is 0 Å². The number of halogens is 1. The van der Waals surface area contributed by atoms with Gasteiger partial charge in [0.2, 0.25) is 0 Å². The quantitative estimate of drug-likeness (QED) is 0.660. The SMILES string of the molecule is CN(C)C=C1C(=O)NC(=O)N(c2ccc(Cl)cc2)C1=O. The lowest BCUT2D eigenvalue weighted by molar-refractivity contribution is -0.122. The molecular weight excluding hydrogens is 282 g/mol. The van der Waals surface area contributed by atoms with Gasteiger partial charge in [0.15, 0.2) is 0 Å². The van der Waals surface area contributed by atoms with E-state index in [-0.39, 0.29) is 5.57 Å². The molecule has 6 nitrogen and oxygen atoms in total. The van der Waals surface area contributed by atoms with Gasteiger partial charge < -0.3 is 4.90 Å². The van der Waals surface area contributed by atoms with Crippen LogP contribution < -0.4 is 10.2 Å². The van der Waals surface area contributed by atoms with Gasteiger partial charge in [0.25, 0.3) is 11.8 Å². The third kappa shape index (κ3) is 2.65. The number of rotatable bonds is 2. The fourth-order valence-corrected chi connectivity index (χ4v) is 1.85. The zero-order valence-corrected chi connectivity index (χ0v) is 11.6. The number of hydrogen-bond donors (Lipinski definition) is 1. The number of barbiturate groups is 1. The minimum Gasteiger partial charge on any atom is -0.383 e. The molecule has 0 aromatic heterocycles. The molecule has 1 aliphatic rings. The molecule has 0 bridgehead atoms. The Bertz CT molecular complexity index is 608. The summed E-state index contributed by atoms with van der Waals surface area (Å²) in [4.78, 5) is 38.3. The number of carbonyl (C=O) groups excluding carboxylic acids is 3. The standard InChI is InChI=1S/C13H12ClN3O3/c1-16(2)7-10-11(18)15-13(20)17(12(10)19)9-5-3-8(14)4-6-9/h3-7H,1-2H3,(H,15,18,20). The van der Waals surface area contributed by atoms with Crippen molar-refractivity contribution in [2.24, 2.45) is 0 Å². The van der Waals surface area contributed by atoms with Gasteiger partial charge in [-0.2, -0.15) is 0 Å². The van der Waals surface area contributed by atoms with Gasteiger partial charge in [-0.05, 0) is 24.3 Å². The van der Waals surface area contributed by atoms with Crippen LogP contribution in [0.2, 0.25) is 5.02 Å². The lowest BCUT2D eigenvalue weighted by Crippen LogP contribution is -2.54. The molecule has 1 N–H and O–H groups in total. The molecule has 1 saturated heterocycles. The number of carbonyl (C=O) groups is 3. The summed E-state index contributed by atoms with van der Waals surface area (Å²) < 4.78 is 0. The molecule has 1 aromatic rings. The van der Waals surface area contributed by atoms with Crippen LogP contribution in [0.15, 0.2) is 36.0 Å². The Labute approximate surface area is 120 Å². The highest BCUT2D eigenvalue weighted by Gasteiger charge is 2.36. The first-order valence-electron chi connectivity index (χ1n) is 5.73. The Morgan fingerprint density at radius 2 is 1.75 bits per heavy atom. The summed E-state index contributed by atoms with van der Waals surface area (Å²) in [6.45, 7) is 0. The number of nitrogens with one attached hydrogen (secondary N) is 1.